The van der Waals surface area contributed by atoms with Gasteiger partial charge in [0.05, 0.1) is 6.04 Å². The summed E-state index contributed by atoms with van der Waals surface area (Å²) in [6.07, 6.45) is 3.03. The van der Waals surface area contributed by atoms with E-state index in [0.717, 1.165) is 31.5 Å². The minimum Gasteiger partial charge on any atom is -0.406 e. The van der Waals surface area contributed by atoms with E-state index in [2.05, 4.69) is 47.1 Å². The van der Waals surface area contributed by atoms with E-state index in [0.29, 0.717) is 17.8 Å². The summed E-state index contributed by atoms with van der Waals surface area (Å²) in [5.41, 5.74) is 8.61. The number of aryl methyl sites for hydroxylation is 1. The van der Waals surface area contributed by atoms with Crippen molar-refractivity contribution in [3.05, 3.63) is 35.7 Å². The molecular formula is C16H22N4O. The van der Waals surface area contributed by atoms with Crippen molar-refractivity contribution in [1.82, 2.24) is 10.2 Å². The number of anilines is 2. The average molecular weight is 286 g/mol. The van der Waals surface area contributed by atoms with Crippen molar-refractivity contribution in [1.29, 1.82) is 0 Å². The first-order valence-corrected chi connectivity index (χ1v) is 7.59. The van der Waals surface area contributed by atoms with Crippen LogP contribution in [0, 0.1) is 5.92 Å². The number of benzene rings is 1. The molecule has 0 saturated carbocycles. The predicted molar refractivity (Wildman–Crippen MR) is 82.5 cm³/mol. The second-order valence-electron chi connectivity index (χ2n) is 6.04. The maximum Gasteiger partial charge on any atom is 0.322 e. The van der Waals surface area contributed by atoms with Gasteiger partial charge in [0.25, 0.3) is 0 Å². The molecule has 2 aromatic rings. The minimum atomic E-state index is -0.189. The van der Waals surface area contributed by atoms with Gasteiger partial charge in [-0.1, -0.05) is 37.1 Å². The van der Waals surface area contributed by atoms with Crippen molar-refractivity contribution in [2.45, 2.75) is 39.2 Å². The number of nitrogens with two attached hydrogens (primary N) is 1. The van der Waals surface area contributed by atoms with Gasteiger partial charge >= 0.3 is 6.01 Å². The van der Waals surface area contributed by atoms with Crippen molar-refractivity contribution < 1.29 is 4.42 Å². The predicted octanol–water partition coefficient (Wildman–Crippen LogP) is 3.20. The zero-order valence-corrected chi connectivity index (χ0v) is 12.6. The van der Waals surface area contributed by atoms with Gasteiger partial charge in [0, 0.05) is 12.2 Å². The third-order valence-electron chi connectivity index (χ3n) is 3.81. The maximum atomic E-state index is 6.12. The topological polar surface area (TPSA) is 68.2 Å². The monoisotopic (exact) mass is 286 g/mol. The molecule has 0 radical (unpaired) electrons. The van der Waals surface area contributed by atoms with Crippen LogP contribution in [-0.2, 0) is 6.42 Å². The van der Waals surface area contributed by atoms with Crippen molar-refractivity contribution in [2.24, 2.45) is 11.7 Å². The fourth-order valence-electron chi connectivity index (χ4n) is 2.83. The smallest absolute Gasteiger partial charge is 0.322 e. The van der Waals surface area contributed by atoms with Crippen molar-refractivity contribution in [3.8, 4) is 0 Å². The number of rotatable bonds is 4. The van der Waals surface area contributed by atoms with Crippen LogP contribution in [0.1, 0.15) is 44.2 Å². The molecule has 1 aliphatic heterocycles. The molecule has 3 rings (SSSR count). The van der Waals surface area contributed by atoms with E-state index in [4.69, 9.17) is 10.2 Å². The summed E-state index contributed by atoms with van der Waals surface area (Å²) < 4.78 is 5.82. The van der Waals surface area contributed by atoms with Crippen LogP contribution in [-0.4, -0.2) is 16.7 Å². The molecule has 5 heteroatoms. The number of hydrogen-bond donors (Lipinski definition) is 1. The highest BCUT2D eigenvalue weighted by Crippen LogP contribution is 2.33. The van der Waals surface area contributed by atoms with Gasteiger partial charge in [-0.15, -0.1) is 5.10 Å². The van der Waals surface area contributed by atoms with Gasteiger partial charge in [-0.2, -0.15) is 0 Å². The lowest BCUT2D eigenvalue weighted by Gasteiger charge is -2.27. The molecule has 0 saturated heterocycles. The minimum absolute atomic E-state index is 0.189. The summed E-state index contributed by atoms with van der Waals surface area (Å²) in [6.45, 7) is 5.17. The Hall–Kier alpha value is -1.88. The highest BCUT2D eigenvalue weighted by atomic mass is 16.4. The van der Waals surface area contributed by atoms with E-state index in [1.54, 1.807) is 0 Å². The van der Waals surface area contributed by atoms with Crippen LogP contribution in [0.5, 0.6) is 0 Å². The van der Waals surface area contributed by atoms with Crippen LogP contribution in [0.2, 0.25) is 0 Å². The van der Waals surface area contributed by atoms with E-state index in [1.165, 1.54) is 5.56 Å². The highest BCUT2D eigenvalue weighted by molar-refractivity contribution is 5.62. The SMILES string of the molecule is CC(C)CC(N)c1nnc(N2CCCc3ccccc32)o1. The molecule has 2 heterocycles. The highest BCUT2D eigenvalue weighted by Gasteiger charge is 2.24. The van der Waals surface area contributed by atoms with Gasteiger partial charge in [-0.05, 0) is 36.8 Å². The Kier molecular flexibility index (Phi) is 3.92. The van der Waals surface area contributed by atoms with E-state index in [1.807, 2.05) is 6.07 Å². The van der Waals surface area contributed by atoms with Crippen LogP contribution in [0.4, 0.5) is 11.7 Å². The van der Waals surface area contributed by atoms with Gasteiger partial charge < -0.3 is 10.2 Å². The van der Waals surface area contributed by atoms with Gasteiger partial charge in [0.1, 0.15) is 0 Å². The number of nitrogens with zero attached hydrogens (tertiary/aromatic N) is 3. The van der Waals surface area contributed by atoms with Crippen molar-refractivity contribution >= 4 is 11.7 Å². The van der Waals surface area contributed by atoms with E-state index in [9.17, 15) is 0 Å². The van der Waals surface area contributed by atoms with Gasteiger partial charge in [0.15, 0.2) is 0 Å². The average Bonchev–Trinajstić information content (AvgIpc) is 2.95. The summed E-state index contributed by atoms with van der Waals surface area (Å²) in [5, 5.41) is 8.33. The summed E-state index contributed by atoms with van der Waals surface area (Å²) >= 11 is 0. The second kappa shape index (κ2) is 5.85. The molecule has 0 fully saturated rings. The normalized spacial score (nSPS) is 16.1. The van der Waals surface area contributed by atoms with Crippen LogP contribution in [0.15, 0.2) is 28.7 Å². The largest absolute Gasteiger partial charge is 0.406 e. The van der Waals surface area contributed by atoms with Crippen LogP contribution < -0.4 is 10.6 Å². The molecule has 0 bridgehead atoms. The zero-order chi connectivity index (χ0) is 14.8. The van der Waals surface area contributed by atoms with E-state index < -0.39 is 0 Å². The van der Waals surface area contributed by atoms with Crippen LogP contribution >= 0.6 is 0 Å². The molecule has 112 valence electrons. The zero-order valence-electron chi connectivity index (χ0n) is 12.6. The lowest BCUT2D eigenvalue weighted by atomic mass is 10.0. The molecule has 0 amide bonds. The Morgan fingerprint density at radius 2 is 2.10 bits per heavy atom. The molecule has 5 nitrogen and oxygen atoms in total. The summed E-state index contributed by atoms with van der Waals surface area (Å²) in [7, 11) is 0. The Morgan fingerprint density at radius 3 is 2.90 bits per heavy atom. The Morgan fingerprint density at radius 1 is 1.29 bits per heavy atom. The van der Waals surface area contributed by atoms with E-state index >= 15 is 0 Å². The number of hydrogen-bond acceptors (Lipinski definition) is 5. The van der Waals surface area contributed by atoms with Gasteiger partial charge in [-0.25, -0.2) is 0 Å². The molecule has 1 aliphatic rings. The maximum absolute atomic E-state index is 6.12. The molecule has 1 atom stereocenters. The summed E-state index contributed by atoms with van der Waals surface area (Å²) in [5.74, 6) is 1.04. The standard InChI is InChI=1S/C16H22N4O/c1-11(2)10-13(17)15-18-19-16(21-15)20-9-5-7-12-6-3-4-8-14(12)20/h3-4,6,8,11,13H,5,7,9-10,17H2,1-2H3. The summed E-state index contributed by atoms with van der Waals surface area (Å²) in [6, 6.07) is 8.73. The van der Waals surface area contributed by atoms with Gasteiger partial charge in [0.2, 0.25) is 5.89 Å². The quantitative estimate of drug-likeness (QED) is 0.934. The lowest BCUT2D eigenvalue weighted by molar-refractivity contribution is 0.403. The first kappa shape index (κ1) is 14.1. The fraction of sp³-hybridized carbons (Fsp3) is 0.500. The second-order valence-corrected chi connectivity index (χ2v) is 6.04. The fourth-order valence-corrected chi connectivity index (χ4v) is 2.83. The molecule has 21 heavy (non-hydrogen) atoms. The molecular weight excluding hydrogens is 264 g/mol. The molecule has 1 unspecified atom stereocenters. The first-order valence-electron chi connectivity index (χ1n) is 7.59. The number of aromatic nitrogens is 2. The van der Waals surface area contributed by atoms with Gasteiger partial charge in [-0.3, -0.25) is 4.90 Å². The molecule has 0 spiro atoms. The molecule has 1 aromatic carbocycles. The number of fused-ring (bicyclic) bond motifs is 1. The summed E-state index contributed by atoms with van der Waals surface area (Å²) in [4.78, 5) is 2.09. The van der Waals surface area contributed by atoms with Crippen molar-refractivity contribution in [3.63, 3.8) is 0 Å². The Balaban J connectivity index is 1.84. The molecule has 0 aliphatic carbocycles. The van der Waals surface area contributed by atoms with E-state index in [-0.39, 0.29) is 6.04 Å². The number of para-hydroxylation sites is 1. The lowest BCUT2D eigenvalue weighted by Crippen LogP contribution is -2.24. The third-order valence-corrected chi connectivity index (χ3v) is 3.81. The Bertz CT molecular complexity index is 608. The van der Waals surface area contributed by atoms with Crippen LogP contribution in [0.3, 0.4) is 0 Å². The van der Waals surface area contributed by atoms with Crippen molar-refractivity contribution in [2.75, 3.05) is 11.4 Å². The molecule has 2 N–H and O–H groups in total. The Labute approximate surface area is 125 Å². The molecule has 1 aromatic heterocycles. The first-order chi connectivity index (χ1) is 10.1. The third kappa shape index (κ3) is 2.93. The van der Waals surface area contributed by atoms with Crippen LogP contribution in [0.25, 0.3) is 0 Å².